The van der Waals surface area contributed by atoms with Crippen LogP contribution in [0.15, 0.2) is 35.5 Å². The predicted octanol–water partition coefficient (Wildman–Crippen LogP) is 2.69. The Kier molecular flexibility index (Phi) is 4.99. The van der Waals surface area contributed by atoms with Gasteiger partial charge in [0.25, 0.3) is 0 Å². The molecular weight excluding hydrogens is 258 g/mol. The molecule has 4 nitrogen and oxygen atoms in total. The molecule has 1 N–H and O–H groups in total. The van der Waals surface area contributed by atoms with Crippen LogP contribution in [0.5, 0.6) is 0 Å². The SMILES string of the molecule is CCCn1ncnc1CC(O)c1ccccc1SC. The number of aliphatic hydroxyl groups is 1. The highest BCUT2D eigenvalue weighted by molar-refractivity contribution is 7.98. The molecule has 0 bridgehead atoms. The van der Waals surface area contributed by atoms with Gasteiger partial charge >= 0.3 is 0 Å². The van der Waals surface area contributed by atoms with Crippen molar-refractivity contribution in [1.29, 1.82) is 0 Å². The van der Waals surface area contributed by atoms with E-state index in [1.165, 1.54) is 0 Å². The molecule has 1 unspecified atom stereocenters. The summed E-state index contributed by atoms with van der Waals surface area (Å²) in [7, 11) is 0. The van der Waals surface area contributed by atoms with Crippen LogP contribution in [0.4, 0.5) is 0 Å². The smallest absolute Gasteiger partial charge is 0.138 e. The van der Waals surface area contributed by atoms with Crippen LogP contribution in [-0.4, -0.2) is 26.1 Å². The van der Waals surface area contributed by atoms with Gasteiger partial charge in [-0.25, -0.2) is 4.98 Å². The maximum absolute atomic E-state index is 10.4. The number of aryl methyl sites for hydroxylation is 1. The molecule has 0 aliphatic carbocycles. The van der Waals surface area contributed by atoms with Crippen molar-refractivity contribution in [2.24, 2.45) is 0 Å². The fraction of sp³-hybridized carbons (Fsp3) is 0.429. The van der Waals surface area contributed by atoms with Gasteiger partial charge in [0.15, 0.2) is 0 Å². The lowest BCUT2D eigenvalue weighted by Crippen LogP contribution is -2.11. The molecule has 0 saturated carbocycles. The molecule has 1 atom stereocenters. The van der Waals surface area contributed by atoms with Crippen molar-refractivity contribution < 1.29 is 5.11 Å². The average Bonchev–Trinajstić information content (AvgIpc) is 2.86. The largest absolute Gasteiger partial charge is 0.388 e. The van der Waals surface area contributed by atoms with Gasteiger partial charge < -0.3 is 5.11 Å². The first-order chi connectivity index (χ1) is 9.26. The summed E-state index contributed by atoms with van der Waals surface area (Å²) in [6.45, 7) is 2.94. The third-order valence-corrected chi connectivity index (χ3v) is 3.82. The molecule has 0 aliphatic rings. The molecule has 1 heterocycles. The highest BCUT2D eigenvalue weighted by Gasteiger charge is 2.15. The Balaban J connectivity index is 2.16. The summed E-state index contributed by atoms with van der Waals surface area (Å²) < 4.78 is 1.87. The third kappa shape index (κ3) is 3.36. The van der Waals surface area contributed by atoms with E-state index in [0.717, 1.165) is 29.2 Å². The van der Waals surface area contributed by atoms with Crippen LogP contribution in [0.3, 0.4) is 0 Å². The number of aliphatic hydroxyl groups excluding tert-OH is 1. The number of aromatic nitrogens is 3. The monoisotopic (exact) mass is 277 g/mol. The summed E-state index contributed by atoms with van der Waals surface area (Å²) in [5.41, 5.74) is 0.959. The zero-order valence-electron chi connectivity index (χ0n) is 11.3. The summed E-state index contributed by atoms with van der Waals surface area (Å²) in [4.78, 5) is 5.35. The lowest BCUT2D eigenvalue weighted by molar-refractivity contribution is 0.171. The molecule has 1 aromatic carbocycles. The molecule has 0 spiro atoms. The van der Waals surface area contributed by atoms with Crippen molar-refractivity contribution in [3.05, 3.63) is 42.0 Å². The molecule has 2 aromatic rings. The van der Waals surface area contributed by atoms with Crippen LogP contribution in [0, 0.1) is 0 Å². The van der Waals surface area contributed by atoms with Gasteiger partial charge in [-0.15, -0.1) is 11.8 Å². The Labute approximate surface area is 117 Å². The average molecular weight is 277 g/mol. The summed E-state index contributed by atoms with van der Waals surface area (Å²) in [5, 5.41) is 14.6. The Hall–Kier alpha value is -1.33. The van der Waals surface area contributed by atoms with Gasteiger partial charge in [0, 0.05) is 17.9 Å². The lowest BCUT2D eigenvalue weighted by Gasteiger charge is -2.14. The Morgan fingerprint density at radius 3 is 2.89 bits per heavy atom. The zero-order valence-corrected chi connectivity index (χ0v) is 12.1. The van der Waals surface area contributed by atoms with E-state index in [1.807, 2.05) is 35.2 Å². The maximum atomic E-state index is 10.4. The second-order valence-electron chi connectivity index (χ2n) is 4.36. The molecule has 102 valence electrons. The van der Waals surface area contributed by atoms with E-state index in [1.54, 1.807) is 18.1 Å². The van der Waals surface area contributed by atoms with Crippen LogP contribution < -0.4 is 0 Å². The van der Waals surface area contributed by atoms with E-state index >= 15 is 0 Å². The van der Waals surface area contributed by atoms with Gasteiger partial charge in [-0.2, -0.15) is 5.10 Å². The first-order valence-corrected chi connectivity index (χ1v) is 7.66. The van der Waals surface area contributed by atoms with Gasteiger partial charge in [0.05, 0.1) is 6.10 Å². The number of nitrogens with zero attached hydrogens (tertiary/aromatic N) is 3. The molecule has 1 aromatic heterocycles. The van der Waals surface area contributed by atoms with E-state index in [-0.39, 0.29) is 0 Å². The number of rotatable bonds is 6. The Morgan fingerprint density at radius 2 is 2.16 bits per heavy atom. The van der Waals surface area contributed by atoms with E-state index in [4.69, 9.17) is 0 Å². The molecule has 5 heteroatoms. The molecular formula is C14H19N3OS. The summed E-state index contributed by atoms with van der Waals surface area (Å²) in [5.74, 6) is 0.838. The normalized spacial score (nSPS) is 12.6. The number of hydrogen-bond donors (Lipinski definition) is 1. The van der Waals surface area contributed by atoms with Crippen LogP contribution >= 0.6 is 11.8 Å². The van der Waals surface area contributed by atoms with Crippen molar-refractivity contribution >= 4 is 11.8 Å². The quantitative estimate of drug-likeness (QED) is 0.825. The lowest BCUT2D eigenvalue weighted by atomic mass is 10.1. The maximum Gasteiger partial charge on any atom is 0.138 e. The zero-order chi connectivity index (χ0) is 13.7. The van der Waals surface area contributed by atoms with Crippen LogP contribution in [-0.2, 0) is 13.0 Å². The fourth-order valence-electron chi connectivity index (χ4n) is 2.07. The number of benzene rings is 1. The minimum absolute atomic E-state index is 0.498. The van der Waals surface area contributed by atoms with Crippen molar-refractivity contribution in [1.82, 2.24) is 14.8 Å². The van der Waals surface area contributed by atoms with Crippen LogP contribution in [0.2, 0.25) is 0 Å². The minimum Gasteiger partial charge on any atom is -0.388 e. The fourth-order valence-corrected chi connectivity index (χ4v) is 2.72. The first-order valence-electron chi connectivity index (χ1n) is 6.44. The molecule has 19 heavy (non-hydrogen) atoms. The van der Waals surface area contributed by atoms with E-state index < -0.39 is 6.10 Å². The van der Waals surface area contributed by atoms with E-state index in [2.05, 4.69) is 17.0 Å². The van der Waals surface area contributed by atoms with Crippen molar-refractivity contribution in [3.63, 3.8) is 0 Å². The van der Waals surface area contributed by atoms with Crippen molar-refractivity contribution in [3.8, 4) is 0 Å². The molecule has 2 rings (SSSR count). The van der Waals surface area contributed by atoms with Gasteiger partial charge in [-0.3, -0.25) is 4.68 Å². The van der Waals surface area contributed by atoms with E-state index in [0.29, 0.717) is 6.42 Å². The van der Waals surface area contributed by atoms with Crippen LogP contribution in [0.25, 0.3) is 0 Å². The molecule has 0 amide bonds. The molecule has 0 radical (unpaired) electrons. The predicted molar refractivity (Wildman–Crippen MR) is 77.2 cm³/mol. The van der Waals surface area contributed by atoms with Gasteiger partial charge in [0.1, 0.15) is 12.2 Å². The standard InChI is InChI=1S/C14H19N3OS/c1-3-8-17-14(15-10-16-17)9-12(18)11-6-4-5-7-13(11)19-2/h4-7,10,12,18H,3,8-9H2,1-2H3. The number of hydrogen-bond acceptors (Lipinski definition) is 4. The Morgan fingerprint density at radius 1 is 1.37 bits per heavy atom. The Bertz CT molecular complexity index is 527. The van der Waals surface area contributed by atoms with Gasteiger partial charge in [-0.05, 0) is 24.3 Å². The third-order valence-electron chi connectivity index (χ3n) is 3.00. The summed E-state index contributed by atoms with van der Waals surface area (Å²) >= 11 is 1.65. The molecule has 0 saturated heterocycles. The summed E-state index contributed by atoms with van der Waals surface area (Å²) in [6, 6.07) is 7.94. The topological polar surface area (TPSA) is 50.9 Å². The second-order valence-corrected chi connectivity index (χ2v) is 5.21. The highest BCUT2D eigenvalue weighted by Crippen LogP contribution is 2.27. The van der Waals surface area contributed by atoms with Gasteiger partial charge in [0.2, 0.25) is 0 Å². The van der Waals surface area contributed by atoms with Gasteiger partial charge in [-0.1, -0.05) is 25.1 Å². The molecule has 0 aliphatic heterocycles. The minimum atomic E-state index is -0.538. The number of thioether (sulfide) groups is 1. The second kappa shape index (κ2) is 6.73. The van der Waals surface area contributed by atoms with Crippen molar-refractivity contribution in [2.45, 2.75) is 37.3 Å². The highest BCUT2D eigenvalue weighted by atomic mass is 32.2. The van der Waals surface area contributed by atoms with Crippen molar-refractivity contribution in [2.75, 3.05) is 6.26 Å². The first kappa shape index (κ1) is 14.1. The van der Waals surface area contributed by atoms with Crippen LogP contribution in [0.1, 0.15) is 30.8 Å². The molecule has 0 fully saturated rings. The van der Waals surface area contributed by atoms with E-state index in [9.17, 15) is 5.11 Å². The summed E-state index contributed by atoms with van der Waals surface area (Å²) in [6.07, 6.45) is 4.54.